The van der Waals surface area contributed by atoms with Gasteiger partial charge in [0, 0.05) is 12.6 Å². The normalized spacial score (nSPS) is 19.7. The van der Waals surface area contributed by atoms with Gasteiger partial charge in [-0.1, -0.05) is 12.1 Å². The molecule has 1 saturated heterocycles. The van der Waals surface area contributed by atoms with Crippen molar-refractivity contribution in [2.24, 2.45) is 0 Å². The predicted octanol–water partition coefficient (Wildman–Crippen LogP) is 2.42. The van der Waals surface area contributed by atoms with Crippen LogP contribution in [0, 0.1) is 0 Å². The van der Waals surface area contributed by atoms with Crippen molar-refractivity contribution in [1.29, 1.82) is 0 Å². The molecule has 0 radical (unpaired) electrons. The van der Waals surface area contributed by atoms with Crippen molar-refractivity contribution in [2.45, 2.75) is 31.2 Å². The molecule has 6 heteroatoms. The molecule has 1 aromatic carbocycles. The lowest BCUT2D eigenvalue weighted by Gasteiger charge is -2.30. The van der Waals surface area contributed by atoms with Crippen molar-refractivity contribution in [2.75, 3.05) is 26.7 Å². The highest BCUT2D eigenvalue weighted by atomic mass is 19.4. The summed E-state index contributed by atoms with van der Waals surface area (Å²) in [7, 11) is 2.06. The molecule has 1 fully saturated rings. The number of hydrogen-bond donors (Lipinski definition) is 2. The molecule has 2 N–H and O–H groups in total. The summed E-state index contributed by atoms with van der Waals surface area (Å²) in [5, 5.41) is 13.3. The summed E-state index contributed by atoms with van der Waals surface area (Å²) < 4.78 is 37.9. The third-order valence-corrected chi connectivity index (χ3v) is 3.92. The summed E-state index contributed by atoms with van der Waals surface area (Å²) >= 11 is 0. The molecule has 21 heavy (non-hydrogen) atoms. The summed E-state index contributed by atoms with van der Waals surface area (Å²) in [5.41, 5.74) is -0.427. The lowest BCUT2D eigenvalue weighted by atomic mass is 10.0. The molecule has 0 amide bonds. The fourth-order valence-corrected chi connectivity index (χ4v) is 2.53. The van der Waals surface area contributed by atoms with Crippen LogP contribution >= 0.6 is 0 Å². The van der Waals surface area contributed by atoms with Crippen molar-refractivity contribution in [3.05, 3.63) is 35.4 Å². The second-order valence-electron chi connectivity index (χ2n) is 5.62. The Balaban J connectivity index is 1.90. The van der Waals surface area contributed by atoms with Gasteiger partial charge in [0.15, 0.2) is 0 Å². The zero-order valence-corrected chi connectivity index (χ0v) is 12.0. The van der Waals surface area contributed by atoms with Crippen molar-refractivity contribution in [3.63, 3.8) is 0 Å². The lowest BCUT2D eigenvalue weighted by molar-refractivity contribution is -0.137. The number of halogens is 3. The lowest BCUT2D eigenvalue weighted by Crippen LogP contribution is -2.42. The van der Waals surface area contributed by atoms with Gasteiger partial charge in [-0.05, 0) is 50.7 Å². The quantitative estimate of drug-likeness (QED) is 0.896. The average Bonchev–Trinajstić information content (AvgIpc) is 2.45. The topological polar surface area (TPSA) is 35.5 Å². The van der Waals surface area contributed by atoms with Crippen LogP contribution in [0.15, 0.2) is 24.3 Å². The molecule has 0 aromatic heterocycles. The Kier molecular flexibility index (Phi) is 5.24. The zero-order valence-electron chi connectivity index (χ0n) is 12.0. The van der Waals surface area contributed by atoms with E-state index in [1.807, 2.05) is 0 Å². The molecule has 3 nitrogen and oxygen atoms in total. The van der Waals surface area contributed by atoms with E-state index in [1.54, 1.807) is 0 Å². The molecule has 2 rings (SSSR count). The molecular weight excluding hydrogens is 281 g/mol. The van der Waals surface area contributed by atoms with E-state index < -0.39 is 17.8 Å². The second-order valence-corrected chi connectivity index (χ2v) is 5.62. The standard InChI is InChI=1S/C15H21F3N2O/c1-20-7-5-13(6-8-20)19-10-14(21)11-3-2-4-12(9-11)15(16,17)18/h2-4,9,13-14,19,21H,5-8,10H2,1H3. The van der Waals surface area contributed by atoms with E-state index in [4.69, 9.17) is 0 Å². The van der Waals surface area contributed by atoms with Gasteiger partial charge in [-0.2, -0.15) is 13.2 Å². The molecule has 0 bridgehead atoms. The first-order valence-electron chi connectivity index (χ1n) is 7.13. The fourth-order valence-electron chi connectivity index (χ4n) is 2.53. The minimum Gasteiger partial charge on any atom is -0.387 e. The maximum Gasteiger partial charge on any atom is 0.416 e. The molecular formula is C15H21F3N2O. The number of nitrogens with one attached hydrogen (secondary N) is 1. The van der Waals surface area contributed by atoms with Crippen LogP contribution in [0.5, 0.6) is 0 Å². The highest BCUT2D eigenvalue weighted by molar-refractivity contribution is 5.27. The molecule has 1 aliphatic heterocycles. The van der Waals surface area contributed by atoms with E-state index >= 15 is 0 Å². The predicted molar refractivity (Wildman–Crippen MR) is 74.9 cm³/mol. The van der Waals surface area contributed by atoms with Crippen molar-refractivity contribution >= 4 is 0 Å². The van der Waals surface area contributed by atoms with Crippen LogP contribution < -0.4 is 5.32 Å². The van der Waals surface area contributed by atoms with Crippen LogP contribution in [0.4, 0.5) is 13.2 Å². The molecule has 1 aromatic rings. The van der Waals surface area contributed by atoms with Crippen LogP contribution in [0.2, 0.25) is 0 Å². The number of hydrogen-bond acceptors (Lipinski definition) is 3. The molecule has 0 saturated carbocycles. The Morgan fingerprint density at radius 2 is 2.00 bits per heavy atom. The summed E-state index contributed by atoms with van der Waals surface area (Å²) in [4.78, 5) is 2.24. The van der Waals surface area contributed by atoms with Crippen LogP contribution in [-0.2, 0) is 6.18 Å². The van der Waals surface area contributed by atoms with E-state index in [-0.39, 0.29) is 6.54 Å². The van der Waals surface area contributed by atoms with Crippen LogP contribution in [0.3, 0.4) is 0 Å². The molecule has 1 aliphatic rings. The highest BCUT2D eigenvalue weighted by Crippen LogP contribution is 2.30. The van der Waals surface area contributed by atoms with Gasteiger partial charge in [-0.15, -0.1) is 0 Å². The average molecular weight is 302 g/mol. The van der Waals surface area contributed by atoms with Gasteiger partial charge in [-0.25, -0.2) is 0 Å². The van der Waals surface area contributed by atoms with E-state index in [0.717, 1.165) is 38.1 Å². The van der Waals surface area contributed by atoms with E-state index in [1.165, 1.54) is 12.1 Å². The first kappa shape index (κ1) is 16.3. The Hall–Kier alpha value is -1.11. The summed E-state index contributed by atoms with van der Waals surface area (Å²) in [5.74, 6) is 0. The number of rotatable bonds is 4. The summed E-state index contributed by atoms with van der Waals surface area (Å²) in [6.07, 6.45) is -3.32. The van der Waals surface area contributed by atoms with Gasteiger partial charge in [0.2, 0.25) is 0 Å². The Morgan fingerprint density at radius 3 is 2.62 bits per heavy atom. The van der Waals surface area contributed by atoms with Crippen molar-refractivity contribution in [1.82, 2.24) is 10.2 Å². The maximum absolute atomic E-state index is 12.6. The molecule has 0 aliphatic carbocycles. The van der Waals surface area contributed by atoms with Gasteiger partial charge in [0.05, 0.1) is 11.7 Å². The Morgan fingerprint density at radius 1 is 1.33 bits per heavy atom. The zero-order chi connectivity index (χ0) is 15.5. The summed E-state index contributed by atoms with van der Waals surface area (Å²) in [6, 6.07) is 5.20. The third kappa shape index (κ3) is 4.69. The van der Waals surface area contributed by atoms with Gasteiger partial charge < -0.3 is 15.3 Å². The second kappa shape index (κ2) is 6.77. The van der Waals surface area contributed by atoms with Gasteiger partial charge in [0.1, 0.15) is 0 Å². The number of alkyl halides is 3. The molecule has 118 valence electrons. The number of aliphatic hydroxyl groups excluding tert-OH is 1. The van der Waals surface area contributed by atoms with Gasteiger partial charge in [0.25, 0.3) is 0 Å². The molecule has 0 spiro atoms. The largest absolute Gasteiger partial charge is 0.416 e. The maximum atomic E-state index is 12.6. The molecule has 1 heterocycles. The minimum absolute atomic E-state index is 0.274. The minimum atomic E-state index is -4.38. The third-order valence-electron chi connectivity index (χ3n) is 3.92. The SMILES string of the molecule is CN1CCC(NCC(O)c2cccc(C(F)(F)F)c2)CC1. The van der Waals surface area contributed by atoms with Crippen molar-refractivity contribution < 1.29 is 18.3 Å². The number of benzene rings is 1. The molecule has 1 atom stereocenters. The number of likely N-dealkylation sites (tertiary alicyclic amines) is 1. The van der Waals surface area contributed by atoms with Crippen LogP contribution in [-0.4, -0.2) is 42.7 Å². The fraction of sp³-hybridized carbons (Fsp3) is 0.600. The Labute approximate surface area is 122 Å². The first-order chi connectivity index (χ1) is 9.86. The number of aliphatic hydroxyl groups is 1. The smallest absolute Gasteiger partial charge is 0.387 e. The monoisotopic (exact) mass is 302 g/mol. The Bertz CT molecular complexity index is 456. The highest BCUT2D eigenvalue weighted by Gasteiger charge is 2.30. The van der Waals surface area contributed by atoms with Gasteiger partial charge in [-0.3, -0.25) is 0 Å². The van der Waals surface area contributed by atoms with Crippen LogP contribution in [0.1, 0.15) is 30.1 Å². The molecule has 1 unspecified atom stereocenters. The number of nitrogens with zero attached hydrogens (tertiary/aromatic N) is 1. The van der Waals surface area contributed by atoms with Crippen LogP contribution in [0.25, 0.3) is 0 Å². The number of piperidine rings is 1. The summed E-state index contributed by atoms with van der Waals surface area (Å²) in [6.45, 7) is 2.27. The van der Waals surface area contributed by atoms with Gasteiger partial charge >= 0.3 is 6.18 Å². The van der Waals surface area contributed by atoms with Crippen molar-refractivity contribution in [3.8, 4) is 0 Å². The van der Waals surface area contributed by atoms with E-state index in [9.17, 15) is 18.3 Å². The first-order valence-corrected chi connectivity index (χ1v) is 7.13. The van der Waals surface area contributed by atoms with E-state index in [2.05, 4.69) is 17.3 Å². The van der Waals surface area contributed by atoms with E-state index in [0.29, 0.717) is 11.6 Å².